The zero-order valence-corrected chi connectivity index (χ0v) is 11.4. The first-order chi connectivity index (χ1) is 8.45. The molecule has 7 nitrogen and oxygen atoms in total. The number of amides is 1. The lowest BCUT2D eigenvalue weighted by Crippen LogP contribution is -2.33. The van der Waals surface area contributed by atoms with Crippen LogP contribution in [0.1, 0.15) is 20.8 Å². The molecule has 0 heterocycles. The number of ether oxygens (including phenoxy) is 3. The molecule has 0 unspecified atom stereocenters. The number of nitrogens with two attached hydrogens (primary N) is 1. The van der Waals surface area contributed by atoms with Crippen molar-refractivity contribution in [2.75, 3.05) is 39.6 Å². The molecule has 0 aromatic carbocycles. The first-order valence-corrected chi connectivity index (χ1v) is 5.92. The van der Waals surface area contributed by atoms with E-state index in [-0.39, 0.29) is 6.61 Å². The van der Waals surface area contributed by atoms with Gasteiger partial charge in [0.25, 0.3) is 0 Å². The highest BCUT2D eigenvalue weighted by Crippen LogP contribution is 2.06. The summed E-state index contributed by atoms with van der Waals surface area (Å²) in [5.74, 6) is 0. The summed E-state index contributed by atoms with van der Waals surface area (Å²) >= 11 is 0. The molecule has 0 fully saturated rings. The molecular weight excluding hydrogens is 240 g/mol. The summed E-state index contributed by atoms with van der Waals surface area (Å²) in [6, 6.07) is 0. The van der Waals surface area contributed by atoms with E-state index in [1.165, 1.54) is 0 Å². The number of hydrogen-bond acceptors (Lipinski definition) is 6. The van der Waals surface area contributed by atoms with Crippen LogP contribution in [-0.4, -0.2) is 51.3 Å². The number of carbonyl (C=O) groups is 1. The molecule has 3 N–H and O–H groups in total. The van der Waals surface area contributed by atoms with Crippen molar-refractivity contribution in [3.8, 4) is 0 Å². The van der Waals surface area contributed by atoms with Gasteiger partial charge in [-0.1, -0.05) is 0 Å². The normalized spacial score (nSPS) is 11.3. The van der Waals surface area contributed by atoms with Crippen LogP contribution < -0.4 is 11.2 Å². The predicted molar refractivity (Wildman–Crippen MR) is 66.0 cm³/mol. The predicted octanol–water partition coefficient (Wildman–Crippen LogP) is 0.435. The molecule has 0 aliphatic heterocycles. The van der Waals surface area contributed by atoms with Crippen LogP contribution in [0.15, 0.2) is 0 Å². The van der Waals surface area contributed by atoms with Gasteiger partial charge in [0, 0.05) is 6.54 Å². The van der Waals surface area contributed by atoms with Crippen LogP contribution in [0.4, 0.5) is 4.79 Å². The van der Waals surface area contributed by atoms with Gasteiger partial charge in [-0.25, -0.2) is 4.79 Å². The van der Waals surface area contributed by atoms with E-state index in [9.17, 15) is 4.79 Å². The van der Waals surface area contributed by atoms with Crippen molar-refractivity contribution >= 4 is 6.09 Å². The minimum Gasteiger partial charge on any atom is -0.442 e. The first-order valence-electron chi connectivity index (χ1n) is 5.92. The maximum absolute atomic E-state index is 11.1. The summed E-state index contributed by atoms with van der Waals surface area (Å²) in [5, 5.41) is 0. The van der Waals surface area contributed by atoms with Crippen molar-refractivity contribution in [2.45, 2.75) is 26.4 Å². The molecule has 108 valence electrons. The summed E-state index contributed by atoms with van der Waals surface area (Å²) in [6.45, 7) is 7.93. The Bertz CT molecular complexity index is 218. The van der Waals surface area contributed by atoms with E-state index in [2.05, 4.69) is 5.48 Å². The Balaban J connectivity index is 3.23. The maximum atomic E-state index is 11.1. The van der Waals surface area contributed by atoms with Crippen LogP contribution in [0.3, 0.4) is 0 Å². The molecule has 7 heteroatoms. The number of hydroxylamine groups is 1. The monoisotopic (exact) mass is 264 g/mol. The fraction of sp³-hybridized carbons (Fsp3) is 0.909. The van der Waals surface area contributed by atoms with E-state index in [4.69, 9.17) is 24.8 Å². The van der Waals surface area contributed by atoms with Crippen LogP contribution in [0.25, 0.3) is 0 Å². The standard InChI is InChI=1S/C11H24N2O5/c1-11(2,3)18-10(14)13-17-9-8-16-7-6-15-5-4-12/h4-9,12H2,1-3H3,(H,13,14). The van der Waals surface area contributed by atoms with Crippen LogP contribution in [0.2, 0.25) is 0 Å². The molecule has 18 heavy (non-hydrogen) atoms. The van der Waals surface area contributed by atoms with E-state index in [1.54, 1.807) is 20.8 Å². The Kier molecular flexibility index (Phi) is 9.57. The third-order valence-corrected chi connectivity index (χ3v) is 1.52. The van der Waals surface area contributed by atoms with Gasteiger partial charge in [0.15, 0.2) is 0 Å². The van der Waals surface area contributed by atoms with Crippen molar-refractivity contribution in [3.63, 3.8) is 0 Å². The second-order valence-electron chi connectivity index (χ2n) is 4.47. The zero-order valence-electron chi connectivity index (χ0n) is 11.4. The summed E-state index contributed by atoms with van der Waals surface area (Å²) in [7, 11) is 0. The molecule has 0 spiro atoms. The van der Waals surface area contributed by atoms with Gasteiger partial charge in [0.1, 0.15) is 5.60 Å². The Morgan fingerprint density at radius 1 is 1.06 bits per heavy atom. The molecule has 1 amide bonds. The molecule has 0 atom stereocenters. The largest absolute Gasteiger partial charge is 0.442 e. The average Bonchev–Trinajstić information content (AvgIpc) is 2.24. The highest BCUT2D eigenvalue weighted by Gasteiger charge is 2.15. The highest BCUT2D eigenvalue weighted by molar-refractivity contribution is 5.66. The summed E-state index contributed by atoms with van der Waals surface area (Å²) in [4.78, 5) is 16.0. The van der Waals surface area contributed by atoms with E-state index in [0.717, 1.165) is 0 Å². The quantitative estimate of drug-likeness (QED) is 0.463. The first kappa shape index (κ1) is 17.1. The fourth-order valence-corrected chi connectivity index (χ4v) is 0.915. The molecular formula is C11H24N2O5. The van der Waals surface area contributed by atoms with Gasteiger partial charge in [-0.15, -0.1) is 0 Å². The van der Waals surface area contributed by atoms with Crippen LogP contribution >= 0.6 is 0 Å². The third-order valence-electron chi connectivity index (χ3n) is 1.52. The van der Waals surface area contributed by atoms with Gasteiger partial charge >= 0.3 is 6.09 Å². The summed E-state index contributed by atoms with van der Waals surface area (Å²) in [6.07, 6.45) is -0.617. The number of nitrogens with one attached hydrogen (secondary N) is 1. The van der Waals surface area contributed by atoms with E-state index in [1.807, 2.05) is 0 Å². The number of carbonyl (C=O) groups excluding carboxylic acids is 1. The van der Waals surface area contributed by atoms with E-state index >= 15 is 0 Å². The lowest BCUT2D eigenvalue weighted by atomic mass is 10.2. The molecule has 0 saturated heterocycles. The maximum Gasteiger partial charge on any atom is 0.431 e. The van der Waals surface area contributed by atoms with Crippen molar-refractivity contribution < 1.29 is 23.8 Å². The zero-order chi connectivity index (χ0) is 13.9. The molecule has 0 aliphatic rings. The molecule has 0 bridgehead atoms. The lowest BCUT2D eigenvalue weighted by molar-refractivity contribution is -0.0324. The second kappa shape index (κ2) is 10.1. The van der Waals surface area contributed by atoms with Gasteiger partial charge in [0.05, 0.1) is 33.0 Å². The Hall–Kier alpha value is -0.890. The molecule has 0 aromatic heterocycles. The van der Waals surface area contributed by atoms with Gasteiger partial charge in [0.2, 0.25) is 0 Å². The topological polar surface area (TPSA) is 92.0 Å². The molecule has 0 aromatic rings. The molecule has 0 saturated carbocycles. The summed E-state index contributed by atoms with van der Waals surface area (Å²) in [5.41, 5.74) is 6.87. The highest BCUT2D eigenvalue weighted by atomic mass is 16.7. The van der Waals surface area contributed by atoms with Crippen molar-refractivity contribution in [1.82, 2.24) is 5.48 Å². The second-order valence-corrected chi connectivity index (χ2v) is 4.47. The smallest absolute Gasteiger partial charge is 0.431 e. The molecule has 0 rings (SSSR count). The van der Waals surface area contributed by atoms with E-state index in [0.29, 0.717) is 33.0 Å². The minimum absolute atomic E-state index is 0.246. The lowest BCUT2D eigenvalue weighted by Gasteiger charge is -2.19. The fourth-order valence-electron chi connectivity index (χ4n) is 0.915. The van der Waals surface area contributed by atoms with E-state index < -0.39 is 11.7 Å². The van der Waals surface area contributed by atoms with Gasteiger partial charge < -0.3 is 19.9 Å². The van der Waals surface area contributed by atoms with Gasteiger partial charge in [-0.2, -0.15) is 5.48 Å². The van der Waals surface area contributed by atoms with Crippen LogP contribution in [0, 0.1) is 0 Å². The number of rotatable bonds is 9. The van der Waals surface area contributed by atoms with Crippen molar-refractivity contribution in [2.24, 2.45) is 5.73 Å². The Morgan fingerprint density at radius 2 is 1.61 bits per heavy atom. The van der Waals surface area contributed by atoms with Crippen LogP contribution in [-0.2, 0) is 19.0 Å². The molecule has 0 radical (unpaired) electrons. The summed E-state index contributed by atoms with van der Waals surface area (Å²) < 4.78 is 15.2. The van der Waals surface area contributed by atoms with Crippen molar-refractivity contribution in [1.29, 1.82) is 0 Å². The number of hydrogen-bond donors (Lipinski definition) is 2. The third kappa shape index (κ3) is 13.2. The Labute approximate surface area is 108 Å². The average molecular weight is 264 g/mol. The Morgan fingerprint density at radius 3 is 2.17 bits per heavy atom. The van der Waals surface area contributed by atoms with Crippen molar-refractivity contribution in [3.05, 3.63) is 0 Å². The molecule has 0 aliphatic carbocycles. The van der Waals surface area contributed by atoms with Crippen LogP contribution in [0.5, 0.6) is 0 Å². The SMILES string of the molecule is CC(C)(C)OC(=O)NOCCOCCOCCN. The van der Waals surface area contributed by atoms with Gasteiger partial charge in [-0.05, 0) is 20.8 Å². The minimum atomic E-state index is -0.617. The van der Waals surface area contributed by atoms with Gasteiger partial charge in [-0.3, -0.25) is 4.84 Å².